The number of rotatable bonds is 9. The lowest BCUT2D eigenvalue weighted by atomic mass is 10.2. The van der Waals surface area contributed by atoms with Crippen LogP contribution in [0.15, 0.2) is 24.3 Å². The molecule has 0 spiro atoms. The molecular weight excluding hydrogens is 368 g/mol. The van der Waals surface area contributed by atoms with Crippen LogP contribution in [0.25, 0.3) is 21.9 Å². The van der Waals surface area contributed by atoms with Crippen LogP contribution in [0.5, 0.6) is 0 Å². The number of unbranched alkanes of at least 4 members (excludes halogenated alkanes) is 1. The van der Waals surface area contributed by atoms with Crippen molar-refractivity contribution in [2.45, 2.75) is 52.5 Å². The largest absolute Gasteiger partial charge is 0.382 e. The molecule has 0 saturated carbocycles. The SMILES string of the molecule is CCCCc1nc2c(N)nc3ccccc3c2n1CCCNC(=S)NCCC. The van der Waals surface area contributed by atoms with Crippen LogP contribution in [0.2, 0.25) is 0 Å². The molecule has 150 valence electrons. The zero-order valence-corrected chi connectivity index (χ0v) is 17.6. The lowest BCUT2D eigenvalue weighted by Gasteiger charge is -2.13. The zero-order valence-electron chi connectivity index (χ0n) is 16.8. The number of imidazole rings is 1. The van der Waals surface area contributed by atoms with E-state index in [0.29, 0.717) is 5.82 Å². The van der Waals surface area contributed by atoms with E-state index in [1.165, 1.54) is 0 Å². The minimum absolute atomic E-state index is 0.508. The van der Waals surface area contributed by atoms with Crippen LogP contribution in [0.4, 0.5) is 5.82 Å². The normalized spacial score (nSPS) is 11.2. The number of hydrogen-bond acceptors (Lipinski definition) is 4. The fourth-order valence-corrected chi connectivity index (χ4v) is 3.62. The van der Waals surface area contributed by atoms with Crippen molar-refractivity contribution in [1.29, 1.82) is 0 Å². The number of hydrogen-bond donors (Lipinski definition) is 3. The predicted molar refractivity (Wildman–Crippen MR) is 122 cm³/mol. The predicted octanol–water partition coefficient (Wildman–Crippen LogP) is 3.77. The van der Waals surface area contributed by atoms with Gasteiger partial charge in [-0.3, -0.25) is 0 Å². The van der Waals surface area contributed by atoms with Crippen molar-refractivity contribution >= 4 is 45.1 Å². The van der Waals surface area contributed by atoms with Crippen LogP contribution >= 0.6 is 12.2 Å². The van der Waals surface area contributed by atoms with E-state index in [4.69, 9.17) is 22.9 Å². The fourth-order valence-electron chi connectivity index (χ4n) is 3.41. The van der Waals surface area contributed by atoms with Gasteiger partial charge in [0.25, 0.3) is 0 Å². The van der Waals surface area contributed by atoms with E-state index in [-0.39, 0.29) is 0 Å². The van der Waals surface area contributed by atoms with Crippen LogP contribution in [0, 0.1) is 0 Å². The fraction of sp³-hybridized carbons (Fsp3) is 0.476. The number of thiocarbonyl (C=S) groups is 1. The smallest absolute Gasteiger partial charge is 0.166 e. The lowest BCUT2D eigenvalue weighted by molar-refractivity contribution is 0.603. The summed E-state index contributed by atoms with van der Waals surface area (Å²) in [6.45, 7) is 6.92. The van der Waals surface area contributed by atoms with Crippen molar-refractivity contribution in [2.24, 2.45) is 0 Å². The first-order valence-corrected chi connectivity index (χ1v) is 10.6. The molecule has 4 N–H and O–H groups in total. The van der Waals surface area contributed by atoms with Gasteiger partial charge in [-0.25, -0.2) is 9.97 Å². The molecule has 6 nitrogen and oxygen atoms in total. The number of aromatic nitrogens is 3. The average Bonchev–Trinajstić information content (AvgIpc) is 3.07. The van der Waals surface area contributed by atoms with E-state index >= 15 is 0 Å². The minimum atomic E-state index is 0.508. The summed E-state index contributed by atoms with van der Waals surface area (Å²) >= 11 is 5.31. The molecule has 0 radical (unpaired) electrons. The summed E-state index contributed by atoms with van der Waals surface area (Å²) in [5.74, 6) is 1.60. The maximum atomic E-state index is 6.25. The van der Waals surface area contributed by atoms with Crippen molar-refractivity contribution in [3.05, 3.63) is 30.1 Å². The highest BCUT2D eigenvalue weighted by molar-refractivity contribution is 7.80. The lowest BCUT2D eigenvalue weighted by Crippen LogP contribution is -2.36. The summed E-state index contributed by atoms with van der Waals surface area (Å²) in [7, 11) is 0. The number of nitrogens with two attached hydrogens (primary N) is 1. The van der Waals surface area contributed by atoms with Crippen LogP contribution in [-0.2, 0) is 13.0 Å². The third-order valence-electron chi connectivity index (χ3n) is 4.82. The van der Waals surface area contributed by atoms with Gasteiger partial charge >= 0.3 is 0 Å². The minimum Gasteiger partial charge on any atom is -0.382 e. The summed E-state index contributed by atoms with van der Waals surface area (Å²) in [6.07, 6.45) is 5.21. The van der Waals surface area contributed by atoms with Crippen LogP contribution < -0.4 is 16.4 Å². The van der Waals surface area contributed by atoms with E-state index in [0.717, 1.165) is 84.6 Å². The van der Waals surface area contributed by atoms with Gasteiger partial charge in [-0.05, 0) is 37.5 Å². The molecule has 3 rings (SSSR count). The summed E-state index contributed by atoms with van der Waals surface area (Å²) < 4.78 is 2.33. The molecule has 0 aliphatic heterocycles. The number of pyridine rings is 1. The molecular formula is C21H30N6S. The second-order valence-corrected chi connectivity index (χ2v) is 7.44. The van der Waals surface area contributed by atoms with E-state index in [2.05, 4.69) is 40.1 Å². The van der Waals surface area contributed by atoms with Crippen LogP contribution in [-0.4, -0.2) is 32.7 Å². The number of para-hydroxylation sites is 1. The average molecular weight is 399 g/mol. The van der Waals surface area contributed by atoms with Crippen molar-refractivity contribution in [1.82, 2.24) is 25.2 Å². The molecule has 1 aromatic carbocycles. The molecule has 0 aliphatic rings. The van der Waals surface area contributed by atoms with Gasteiger partial charge in [0.2, 0.25) is 0 Å². The highest BCUT2D eigenvalue weighted by Gasteiger charge is 2.16. The Labute approximate surface area is 171 Å². The Morgan fingerprint density at radius 3 is 2.64 bits per heavy atom. The van der Waals surface area contributed by atoms with Crippen molar-refractivity contribution in [3.63, 3.8) is 0 Å². The van der Waals surface area contributed by atoms with Gasteiger partial charge < -0.3 is 20.9 Å². The monoisotopic (exact) mass is 398 g/mol. The Hall–Kier alpha value is -2.41. The Kier molecular flexibility index (Phi) is 7.03. The summed E-state index contributed by atoms with van der Waals surface area (Å²) in [4.78, 5) is 9.42. The Morgan fingerprint density at radius 1 is 1.07 bits per heavy atom. The summed E-state index contributed by atoms with van der Waals surface area (Å²) in [6, 6.07) is 8.15. The molecule has 0 bridgehead atoms. The maximum Gasteiger partial charge on any atom is 0.166 e. The van der Waals surface area contributed by atoms with Gasteiger partial charge in [0.05, 0.1) is 11.0 Å². The Bertz CT molecular complexity index is 949. The number of aryl methyl sites for hydroxylation is 2. The zero-order chi connectivity index (χ0) is 19.9. The molecule has 0 amide bonds. The number of fused-ring (bicyclic) bond motifs is 3. The number of nitrogens with one attached hydrogen (secondary N) is 2. The first-order chi connectivity index (χ1) is 13.7. The highest BCUT2D eigenvalue weighted by Crippen LogP contribution is 2.29. The number of benzene rings is 1. The number of nitrogens with zero attached hydrogens (tertiary/aromatic N) is 3. The number of nitrogen functional groups attached to an aromatic ring is 1. The molecule has 0 atom stereocenters. The first kappa shape index (κ1) is 20.3. The van der Waals surface area contributed by atoms with Gasteiger partial charge in [-0.2, -0.15) is 0 Å². The molecule has 0 unspecified atom stereocenters. The van der Waals surface area contributed by atoms with E-state index in [9.17, 15) is 0 Å². The van der Waals surface area contributed by atoms with Gasteiger partial charge in [0.1, 0.15) is 11.3 Å². The van der Waals surface area contributed by atoms with Crippen molar-refractivity contribution < 1.29 is 0 Å². The van der Waals surface area contributed by atoms with Gasteiger partial charge in [0, 0.05) is 31.4 Å². The van der Waals surface area contributed by atoms with E-state index in [1.54, 1.807) is 0 Å². The molecule has 3 aromatic rings. The molecule has 0 aliphatic carbocycles. The standard InChI is InChI=1S/C21H30N6S/c1-3-5-11-17-26-18-19(15-9-6-7-10-16(15)25-20(18)22)27(17)14-8-13-24-21(28)23-12-4-2/h6-7,9-10H,3-5,8,11-14H2,1-2H3,(H2,22,25)(H2,23,24,28). The van der Waals surface area contributed by atoms with Crippen molar-refractivity contribution in [2.75, 3.05) is 18.8 Å². The van der Waals surface area contributed by atoms with Gasteiger partial charge in [0.15, 0.2) is 10.9 Å². The van der Waals surface area contributed by atoms with Crippen LogP contribution in [0.3, 0.4) is 0 Å². The van der Waals surface area contributed by atoms with Crippen molar-refractivity contribution in [3.8, 4) is 0 Å². The summed E-state index contributed by atoms with van der Waals surface area (Å²) in [5, 5.41) is 8.32. The first-order valence-electron chi connectivity index (χ1n) is 10.2. The topological polar surface area (TPSA) is 80.8 Å². The number of anilines is 1. The van der Waals surface area contributed by atoms with E-state index < -0.39 is 0 Å². The summed E-state index contributed by atoms with van der Waals surface area (Å²) in [5.41, 5.74) is 9.08. The molecule has 2 aromatic heterocycles. The molecule has 0 fully saturated rings. The molecule has 7 heteroatoms. The quantitative estimate of drug-likeness (QED) is 0.376. The van der Waals surface area contributed by atoms with Gasteiger partial charge in [-0.15, -0.1) is 0 Å². The van der Waals surface area contributed by atoms with E-state index in [1.807, 2.05) is 18.2 Å². The Balaban J connectivity index is 1.87. The second kappa shape index (κ2) is 9.68. The third kappa shape index (κ3) is 4.52. The molecule has 2 heterocycles. The van der Waals surface area contributed by atoms with Gasteiger partial charge in [-0.1, -0.05) is 38.5 Å². The second-order valence-electron chi connectivity index (χ2n) is 7.03. The molecule has 0 saturated heterocycles. The third-order valence-corrected chi connectivity index (χ3v) is 5.11. The van der Waals surface area contributed by atoms with Crippen LogP contribution in [0.1, 0.15) is 45.4 Å². The highest BCUT2D eigenvalue weighted by atomic mass is 32.1. The molecule has 28 heavy (non-hydrogen) atoms. The maximum absolute atomic E-state index is 6.25. The Morgan fingerprint density at radius 2 is 1.86 bits per heavy atom.